The maximum atomic E-state index is 5.20. The molecule has 0 bridgehead atoms. The lowest BCUT2D eigenvalue weighted by molar-refractivity contribution is 0.824. The molecule has 13 nitrogen and oxygen atoms in total. The Kier molecular flexibility index (Phi) is 8.51. The van der Waals surface area contributed by atoms with E-state index in [9.17, 15) is 0 Å². The van der Waals surface area contributed by atoms with Crippen molar-refractivity contribution >= 4 is 11.6 Å². The summed E-state index contributed by atoms with van der Waals surface area (Å²) in [6.07, 6.45) is 8.92. The van der Waals surface area contributed by atoms with Gasteiger partial charge in [0, 0.05) is 37.6 Å². The van der Waals surface area contributed by atoms with Gasteiger partial charge in [-0.3, -0.25) is 9.13 Å². The number of imidazole rings is 2. The molecule has 31 heavy (non-hydrogen) atoms. The molecule has 4 heterocycles. The minimum atomic E-state index is 0. The van der Waals surface area contributed by atoms with Gasteiger partial charge in [-0.05, 0) is 24.3 Å². The van der Waals surface area contributed by atoms with Gasteiger partial charge in [0.15, 0.2) is 23.3 Å². The number of hydrogen-bond donors (Lipinski definition) is 4. The largest absolute Gasteiger partial charge is 0.412 e. The van der Waals surface area contributed by atoms with Gasteiger partial charge in [0.1, 0.15) is 11.6 Å². The van der Waals surface area contributed by atoms with Crippen molar-refractivity contribution in [3.05, 3.63) is 60.7 Å². The number of nitrogens with one attached hydrogen (secondary N) is 2. The fraction of sp³-hybridized carbons (Fsp3) is 0.222. The van der Waals surface area contributed by atoms with Crippen LogP contribution in [0.4, 0.5) is 11.6 Å². The molecule has 0 aromatic carbocycles. The Bertz CT molecular complexity index is 956. The molecular weight excluding hydrogens is 400 g/mol. The molecule has 0 radical (unpaired) electrons. The monoisotopic (exact) mass is 426 g/mol. The second kappa shape index (κ2) is 11.3. The summed E-state index contributed by atoms with van der Waals surface area (Å²) in [7, 11) is 0. The number of aryl methyl sites for hydroxylation is 2. The number of aromatic nitrogens is 8. The molecule has 8 N–H and O–H groups in total. The van der Waals surface area contributed by atoms with Crippen LogP contribution in [-0.4, -0.2) is 45.0 Å². The van der Waals surface area contributed by atoms with Crippen LogP contribution in [0.2, 0.25) is 0 Å². The SMILES string of the molecule is CCc1nccn1-c1ccc(NN)nn1.CCc1nccn1-c1ccc(NN)nn1.O. The summed E-state index contributed by atoms with van der Waals surface area (Å²) in [5.74, 6) is 14.9. The van der Waals surface area contributed by atoms with E-state index >= 15 is 0 Å². The molecule has 0 spiro atoms. The predicted molar refractivity (Wildman–Crippen MR) is 116 cm³/mol. The van der Waals surface area contributed by atoms with Crippen molar-refractivity contribution in [1.82, 2.24) is 39.5 Å². The lowest BCUT2D eigenvalue weighted by atomic mass is 10.4. The molecule has 164 valence electrons. The van der Waals surface area contributed by atoms with E-state index in [-0.39, 0.29) is 5.48 Å². The van der Waals surface area contributed by atoms with Crippen LogP contribution in [0, 0.1) is 0 Å². The maximum absolute atomic E-state index is 5.20. The van der Waals surface area contributed by atoms with E-state index in [1.807, 2.05) is 47.5 Å². The molecule has 0 unspecified atom stereocenters. The summed E-state index contributed by atoms with van der Waals surface area (Å²) < 4.78 is 3.79. The number of hydrazine groups is 2. The predicted octanol–water partition coefficient (Wildman–Crippen LogP) is 0.196. The molecule has 0 atom stereocenters. The Morgan fingerprint density at radius 2 is 1.13 bits per heavy atom. The highest BCUT2D eigenvalue weighted by molar-refractivity contribution is 5.36. The Morgan fingerprint density at radius 3 is 1.42 bits per heavy atom. The average Bonchev–Trinajstić information content (AvgIpc) is 3.49. The summed E-state index contributed by atoms with van der Waals surface area (Å²) >= 11 is 0. The minimum absolute atomic E-state index is 0. The molecule has 0 aliphatic heterocycles. The lowest BCUT2D eigenvalue weighted by Gasteiger charge is -2.04. The molecule has 0 amide bonds. The van der Waals surface area contributed by atoms with Crippen LogP contribution in [0.25, 0.3) is 11.6 Å². The van der Waals surface area contributed by atoms with Crippen molar-refractivity contribution in [2.24, 2.45) is 11.7 Å². The van der Waals surface area contributed by atoms with Crippen molar-refractivity contribution < 1.29 is 5.48 Å². The number of nitrogens with two attached hydrogens (primary N) is 2. The van der Waals surface area contributed by atoms with E-state index in [0.717, 1.165) is 36.1 Å². The van der Waals surface area contributed by atoms with Crippen LogP contribution in [0.15, 0.2) is 49.1 Å². The van der Waals surface area contributed by atoms with Crippen LogP contribution < -0.4 is 22.5 Å². The van der Waals surface area contributed by atoms with Crippen LogP contribution in [0.1, 0.15) is 25.5 Å². The Labute approximate surface area is 178 Å². The van der Waals surface area contributed by atoms with Crippen LogP contribution in [0.3, 0.4) is 0 Å². The fourth-order valence-electron chi connectivity index (χ4n) is 2.67. The van der Waals surface area contributed by atoms with E-state index in [4.69, 9.17) is 11.7 Å². The summed E-state index contributed by atoms with van der Waals surface area (Å²) in [5, 5.41) is 15.8. The summed E-state index contributed by atoms with van der Waals surface area (Å²) in [5.41, 5.74) is 4.86. The normalized spacial score (nSPS) is 9.94. The zero-order chi connectivity index (χ0) is 21.3. The molecular formula is C18H26N12O. The number of rotatable bonds is 6. The topological polar surface area (TPSA) is 195 Å². The third kappa shape index (κ3) is 5.57. The maximum Gasteiger partial charge on any atom is 0.162 e. The molecule has 4 rings (SSSR count). The third-order valence-electron chi connectivity index (χ3n) is 4.16. The highest BCUT2D eigenvalue weighted by Crippen LogP contribution is 2.10. The first-order chi connectivity index (χ1) is 14.7. The van der Waals surface area contributed by atoms with Gasteiger partial charge in [-0.1, -0.05) is 13.8 Å². The van der Waals surface area contributed by atoms with Crippen molar-refractivity contribution in [3.63, 3.8) is 0 Å². The molecule has 0 fully saturated rings. The molecule has 13 heteroatoms. The van der Waals surface area contributed by atoms with E-state index in [1.54, 1.807) is 24.5 Å². The van der Waals surface area contributed by atoms with Gasteiger partial charge in [0.05, 0.1) is 0 Å². The molecule has 0 aliphatic carbocycles. The number of nitrogens with zero attached hydrogens (tertiary/aromatic N) is 8. The van der Waals surface area contributed by atoms with E-state index in [2.05, 4.69) is 41.2 Å². The van der Waals surface area contributed by atoms with Gasteiger partial charge in [0.2, 0.25) is 0 Å². The second-order valence-electron chi connectivity index (χ2n) is 5.98. The van der Waals surface area contributed by atoms with Gasteiger partial charge in [0.25, 0.3) is 0 Å². The first-order valence-corrected chi connectivity index (χ1v) is 9.36. The third-order valence-corrected chi connectivity index (χ3v) is 4.16. The Morgan fingerprint density at radius 1 is 0.710 bits per heavy atom. The van der Waals surface area contributed by atoms with Crippen LogP contribution in [0.5, 0.6) is 0 Å². The highest BCUT2D eigenvalue weighted by atomic mass is 16.0. The summed E-state index contributed by atoms with van der Waals surface area (Å²) in [6.45, 7) is 4.09. The highest BCUT2D eigenvalue weighted by Gasteiger charge is 2.05. The van der Waals surface area contributed by atoms with Gasteiger partial charge >= 0.3 is 0 Å². The average molecular weight is 426 g/mol. The Balaban J connectivity index is 0.000000213. The standard InChI is InChI=1S/2C9H12N6.H2O/c2*1-2-8-11-5-6-15(8)9-4-3-7(12-10)13-14-9;/h2*3-6H,2,10H2,1H3,(H,12,13);1H2. The first kappa shape index (κ1) is 23.3. The van der Waals surface area contributed by atoms with E-state index in [0.29, 0.717) is 11.6 Å². The van der Waals surface area contributed by atoms with Crippen LogP contribution in [-0.2, 0) is 12.8 Å². The van der Waals surface area contributed by atoms with Gasteiger partial charge in [-0.2, -0.15) is 0 Å². The fourth-order valence-corrected chi connectivity index (χ4v) is 2.67. The van der Waals surface area contributed by atoms with Crippen molar-refractivity contribution in [1.29, 1.82) is 0 Å². The number of nitrogen functional groups attached to an aromatic ring is 2. The van der Waals surface area contributed by atoms with Gasteiger partial charge in [-0.15, -0.1) is 20.4 Å². The van der Waals surface area contributed by atoms with Gasteiger partial charge in [-0.25, -0.2) is 21.7 Å². The van der Waals surface area contributed by atoms with E-state index in [1.165, 1.54) is 0 Å². The quantitative estimate of drug-likeness (QED) is 0.244. The number of anilines is 2. The second-order valence-corrected chi connectivity index (χ2v) is 5.98. The molecule has 0 aliphatic rings. The summed E-state index contributed by atoms with van der Waals surface area (Å²) in [6, 6.07) is 7.20. The molecule has 4 aromatic rings. The Hall–Kier alpha value is -3.94. The number of hydrogen-bond acceptors (Lipinski definition) is 10. The summed E-state index contributed by atoms with van der Waals surface area (Å²) in [4.78, 5) is 8.42. The zero-order valence-corrected chi connectivity index (χ0v) is 17.3. The smallest absolute Gasteiger partial charge is 0.162 e. The van der Waals surface area contributed by atoms with Crippen molar-refractivity contribution in [3.8, 4) is 11.6 Å². The molecule has 4 aromatic heterocycles. The lowest BCUT2D eigenvalue weighted by Crippen LogP contribution is -2.10. The van der Waals surface area contributed by atoms with Crippen molar-refractivity contribution in [2.45, 2.75) is 26.7 Å². The van der Waals surface area contributed by atoms with Crippen LogP contribution >= 0.6 is 0 Å². The van der Waals surface area contributed by atoms with Crippen molar-refractivity contribution in [2.75, 3.05) is 10.9 Å². The zero-order valence-electron chi connectivity index (χ0n) is 17.3. The molecule has 0 saturated carbocycles. The minimum Gasteiger partial charge on any atom is -0.412 e. The van der Waals surface area contributed by atoms with E-state index < -0.39 is 0 Å². The molecule has 0 saturated heterocycles. The first-order valence-electron chi connectivity index (χ1n) is 9.36. The van der Waals surface area contributed by atoms with Gasteiger partial charge < -0.3 is 16.3 Å².